The number of aliphatic carboxylic acids is 2. The Hall–Kier alpha value is 0.590. The van der Waals surface area contributed by atoms with Crippen LogP contribution in [0, 0.1) is 0 Å². The van der Waals surface area contributed by atoms with Crippen LogP contribution in [0.15, 0.2) is 11.1 Å². The normalized spacial score (nSPS) is 11.8. The molecule has 0 radical (unpaired) electrons. The average molecular weight is 436 g/mol. The first-order valence-electron chi connectivity index (χ1n) is 9.29. The van der Waals surface area contributed by atoms with Gasteiger partial charge in [-0.25, -0.2) is 0 Å². The van der Waals surface area contributed by atoms with Gasteiger partial charge in [0.25, 0.3) is 10.1 Å². The molecule has 1 N–H and O–H groups in total. The molecule has 0 heterocycles. The van der Waals surface area contributed by atoms with Crippen molar-refractivity contribution in [2.24, 2.45) is 0 Å². The third-order valence-corrected chi connectivity index (χ3v) is 4.97. The predicted molar refractivity (Wildman–Crippen MR) is 94.5 cm³/mol. The van der Waals surface area contributed by atoms with Crippen LogP contribution in [0.2, 0.25) is 0 Å². The Balaban J connectivity index is -0.00000312. The number of carbonyl (C=O) groups is 2. The first-order chi connectivity index (χ1) is 12.2. The summed E-state index contributed by atoms with van der Waals surface area (Å²) < 4.78 is 30.2. The van der Waals surface area contributed by atoms with Crippen molar-refractivity contribution in [1.82, 2.24) is 0 Å². The first-order valence-corrected chi connectivity index (χ1v) is 10.9. The molecule has 0 spiro atoms. The fraction of sp³-hybridized carbons (Fsp3) is 0.778. The molecule has 0 rings (SSSR count). The molecular weight excluding hydrogens is 406 g/mol. The fourth-order valence-electron chi connectivity index (χ4n) is 2.77. The van der Waals surface area contributed by atoms with Gasteiger partial charge in [-0.05, 0) is 30.4 Å². The molecule has 0 aromatic heterocycles. The van der Waals surface area contributed by atoms with Crippen molar-refractivity contribution in [3.05, 3.63) is 11.1 Å². The van der Waals surface area contributed by atoms with E-state index in [2.05, 4.69) is 6.92 Å². The third-order valence-electron chi connectivity index (χ3n) is 4.25. The largest absolute Gasteiger partial charge is 1.00 e. The van der Waals surface area contributed by atoms with E-state index in [1.54, 1.807) is 0 Å². The maximum atomic E-state index is 11.2. The van der Waals surface area contributed by atoms with Crippen molar-refractivity contribution in [2.45, 2.75) is 84.0 Å². The minimum Gasteiger partial charge on any atom is -0.545 e. The number of hydrogen-bond acceptors (Lipinski definition) is 6. The summed E-state index contributed by atoms with van der Waals surface area (Å²) in [6.07, 6.45) is 9.84. The average Bonchev–Trinajstić information content (AvgIpc) is 2.53. The second-order valence-corrected chi connectivity index (χ2v) is 8.07. The van der Waals surface area contributed by atoms with Gasteiger partial charge in [0.1, 0.15) is 0 Å². The molecule has 10 heteroatoms. The minimum atomic E-state index is -4.39. The standard InChI is InChI=1S/C18H32O7S.2Na/c1-2-3-4-5-6-7-8-9-10-11-12-15(17(19)20)16(18(21)22)13-14-26(23,24)25;;/h2-14H2,1H3,(H,19,20)(H,21,22)(H,23,24,25);;/q;2*+1/p-2. The van der Waals surface area contributed by atoms with E-state index in [1.165, 1.54) is 32.1 Å². The quantitative estimate of drug-likeness (QED) is 0.111. The van der Waals surface area contributed by atoms with E-state index >= 15 is 0 Å². The topological polar surface area (TPSA) is 135 Å². The Bertz CT molecular complexity index is 574. The summed E-state index contributed by atoms with van der Waals surface area (Å²) in [7, 11) is -4.39. The molecule has 0 aromatic rings. The van der Waals surface area contributed by atoms with Crippen LogP contribution in [0.1, 0.15) is 84.0 Å². The van der Waals surface area contributed by atoms with Crippen molar-refractivity contribution < 1.29 is 91.9 Å². The van der Waals surface area contributed by atoms with Gasteiger partial charge in [-0.3, -0.25) is 4.55 Å². The maximum absolute atomic E-state index is 11.2. The van der Waals surface area contributed by atoms with Gasteiger partial charge in [0.2, 0.25) is 0 Å². The van der Waals surface area contributed by atoms with Crippen molar-refractivity contribution in [3.8, 4) is 0 Å². The summed E-state index contributed by atoms with van der Waals surface area (Å²) in [5.74, 6) is -4.26. The van der Waals surface area contributed by atoms with E-state index in [0.717, 1.165) is 25.7 Å². The zero-order valence-corrected chi connectivity index (χ0v) is 22.3. The Labute approximate surface area is 213 Å². The van der Waals surface area contributed by atoms with E-state index in [9.17, 15) is 28.2 Å². The maximum Gasteiger partial charge on any atom is 1.00 e. The van der Waals surface area contributed by atoms with Crippen molar-refractivity contribution in [1.29, 1.82) is 0 Å². The van der Waals surface area contributed by atoms with Crippen LogP contribution in [0.25, 0.3) is 0 Å². The first kappa shape index (κ1) is 33.2. The van der Waals surface area contributed by atoms with Gasteiger partial charge in [-0.1, -0.05) is 64.7 Å². The van der Waals surface area contributed by atoms with Gasteiger partial charge >= 0.3 is 59.1 Å². The zero-order chi connectivity index (χ0) is 20.0. The zero-order valence-electron chi connectivity index (χ0n) is 17.5. The molecule has 0 saturated carbocycles. The van der Waals surface area contributed by atoms with Gasteiger partial charge in [0, 0.05) is 0 Å². The van der Waals surface area contributed by atoms with Crippen molar-refractivity contribution in [2.75, 3.05) is 5.75 Å². The number of carbonyl (C=O) groups excluding carboxylic acids is 2. The van der Waals surface area contributed by atoms with Crippen LogP contribution < -0.4 is 69.3 Å². The number of rotatable bonds is 16. The summed E-state index contributed by atoms with van der Waals surface area (Å²) in [4.78, 5) is 22.3. The van der Waals surface area contributed by atoms with E-state index in [-0.39, 0.29) is 65.5 Å². The molecule has 0 bridgehead atoms. The molecule has 7 nitrogen and oxygen atoms in total. The van der Waals surface area contributed by atoms with Crippen LogP contribution in [0.4, 0.5) is 0 Å². The Morgan fingerprint density at radius 2 is 1.07 bits per heavy atom. The van der Waals surface area contributed by atoms with Gasteiger partial charge in [-0.15, -0.1) is 0 Å². The molecule has 0 aliphatic carbocycles. The number of carboxylic acid groups (broad SMARTS) is 2. The predicted octanol–water partition coefficient (Wildman–Crippen LogP) is -4.62. The molecule has 0 amide bonds. The smallest absolute Gasteiger partial charge is 0.545 e. The van der Waals surface area contributed by atoms with E-state index in [4.69, 9.17) is 4.55 Å². The number of carboxylic acids is 2. The summed E-state index contributed by atoms with van der Waals surface area (Å²) in [6.45, 7) is 2.17. The molecule has 0 aromatic carbocycles. The van der Waals surface area contributed by atoms with Crippen molar-refractivity contribution in [3.63, 3.8) is 0 Å². The van der Waals surface area contributed by atoms with Crippen LogP contribution >= 0.6 is 0 Å². The molecule has 152 valence electrons. The summed E-state index contributed by atoms with van der Waals surface area (Å²) >= 11 is 0. The Kier molecular flexibility index (Phi) is 23.2. The minimum absolute atomic E-state index is 0. The molecule has 0 atom stereocenters. The van der Waals surface area contributed by atoms with Crippen LogP contribution in [0.3, 0.4) is 0 Å². The monoisotopic (exact) mass is 436 g/mol. The second kappa shape index (κ2) is 19.5. The molecule has 0 unspecified atom stereocenters. The molecule has 0 aliphatic rings. The van der Waals surface area contributed by atoms with E-state index < -0.39 is 45.4 Å². The molecule has 0 fully saturated rings. The second-order valence-electron chi connectivity index (χ2n) is 6.50. The summed E-state index contributed by atoms with van der Waals surface area (Å²) in [5.41, 5.74) is -1.08. The molecule has 0 aliphatic heterocycles. The Morgan fingerprint density at radius 1 is 0.714 bits per heavy atom. The van der Waals surface area contributed by atoms with Gasteiger partial charge < -0.3 is 19.8 Å². The SMILES string of the molecule is CCCCCCCCCCCCC(C(=O)[O-])=C(CCS(=O)(=O)O)C(=O)[O-].[Na+].[Na+]. The Morgan fingerprint density at radius 3 is 1.43 bits per heavy atom. The van der Waals surface area contributed by atoms with Gasteiger partial charge in [-0.2, -0.15) is 8.42 Å². The summed E-state index contributed by atoms with van der Waals surface area (Å²) in [5, 5.41) is 22.3. The van der Waals surface area contributed by atoms with E-state index in [0.29, 0.717) is 6.42 Å². The number of hydrogen-bond donors (Lipinski definition) is 1. The van der Waals surface area contributed by atoms with Crippen LogP contribution in [0.5, 0.6) is 0 Å². The fourth-order valence-corrected chi connectivity index (χ4v) is 3.23. The molecule has 0 saturated heterocycles. The molecular formula is C18H30Na2O7S. The van der Waals surface area contributed by atoms with Gasteiger partial charge in [0.15, 0.2) is 0 Å². The van der Waals surface area contributed by atoms with Crippen LogP contribution in [-0.2, 0) is 19.7 Å². The van der Waals surface area contributed by atoms with Gasteiger partial charge in [0.05, 0.1) is 17.7 Å². The molecule has 28 heavy (non-hydrogen) atoms. The number of unbranched alkanes of at least 4 members (excludes halogenated alkanes) is 9. The van der Waals surface area contributed by atoms with Crippen LogP contribution in [-0.4, -0.2) is 30.7 Å². The summed E-state index contributed by atoms with van der Waals surface area (Å²) in [6, 6.07) is 0. The van der Waals surface area contributed by atoms with E-state index in [1.807, 2.05) is 0 Å². The van der Waals surface area contributed by atoms with Crippen molar-refractivity contribution >= 4 is 22.1 Å². The third kappa shape index (κ3) is 18.6.